The average molecular weight is 139 g/mol. The lowest BCUT2D eigenvalue weighted by molar-refractivity contribution is -0.120. The van der Waals surface area contributed by atoms with Crippen LogP contribution in [0.4, 0.5) is 0 Å². The van der Waals surface area contributed by atoms with Crippen molar-refractivity contribution >= 4 is 6.47 Å². The molecule has 0 unspecified atom stereocenters. The summed E-state index contributed by atoms with van der Waals surface area (Å²) in [5, 5.41) is 0. The highest BCUT2D eigenvalue weighted by Crippen LogP contribution is 2.20. The highest BCUT2D eigenvalue weighted by atomic mass is 16.5. The number of H-pyrrole nitrogens is 1. The molecule has 1 aromatic rings. The fraction of sp³-hybridized carbons (Fsp3) is 0.286. The van der Waals surface area contributed by atoms with Crippen LogP contribution in [0.3, 0.4) is 0 Å². The van der Waals surface area contributed by atoms with Crippen LogP contribution >= 0.6 is 0 Å². The summed E-state index contributed by atoms with van der Waals surface area (Å²) in [5.41, 5.74) is 1.83. The number of aryl methyl sites for hydroxylation is 2. The molecule has 1 aromatic heterocycles. The molecule has 0 spiro atoms. The summed E-state index contributed by atoms with van der Waals surface area (Å²) >= 11 is 0. The second-order valence-corrected chi connectivity index (χ2v) is 2.14. The van der Waals surface area contributed by atoms with Crippen molar-refractivity contribution in [1.82, 2.24) is 4.98 Å². The number of carbonyl (C=O) groups excluding carboxylic acids is 1. The first kappa shape index (κ1) is 6.86. The Labute approximate surface area is 59.0 Å². The van der Waals surface area contributed by atoms with Crippen LogP contribution in [0.5, 0.6) is 5.75 Å². The molecular weight excluding hydrogens is 130 g/mol. The summed E-state index contributed by atoms with van der Waals surface area (Å²) in [4.78, 5) is 12.9. The van der Waals surface area contributed by atoms with Gasteiger partial charge in [-0.3, -0.25) is 4.79 Å². The molecule has 0 aliphatic heterocycles. The lowest BCUT2D eigenvalue weighted by Crippen LogP contribution is -1.89. The van der Waals surface area contributed by atoms with Crippen molar-refractivity contribution in [3.63, 3.8) is 0 Å². The van der Waals surface area contributed by atoms with Gasteiger partial charge in [0.05, 0.1) is 5.69 Å². The number of hydrogen-bond acceptors (Lipinski definition) is 2. The zero-order chi connectivity index (χ0) is 7.56. The molecule has 0 aliphatic carbocycles. The number of nitrogens with one attached hydrogen (secondary N) is 1. The molecule has 1 heterocycles. The van der Waals surface area contributed by atoms with E-state index in [4.69, 9.17) is 4.74 Å². The van der Waals surface area contributed by atoms with Crippen LogP contribution < -0.4 is 4.74 Å². The maximum Gasteiger partial charge on any atom is 0.298 e. The molecule has 1 rings (SSSR count). The van der Waals surface area contributed by atoms with Crippen molar-refractivity contribution in [2.45, 2.75) is 13.8 Å². The SMILES string of the molecule is Cc1c[nH]c(C)c1OC=O. The Balaban J connectivity index is 2.97. The first-order valence-electron chi connectivity index (χ1n) is 3.00. The van der Waals surface area contributed by atoms with E-state index in [1.165, 1.54) is 0 Å². The van der Waals surface area contributed by atoms with Gasteiger partial charge in [-0.05, 0) is 13.8 Å². The first-order chi connectivity index (χ1) is 4.75. The van der Waals surface area contributed by atoms with Gasteiger partial charge >= 0.3 is 0 Å². The van der Waals surface area contributed by atoms with Crippen LogP contribution in [0.25, 0.3) is 0 Å². The van der Waals surface area contributed by atoms with E-state index >= 15 is 0 Å². The van der Waals surface area contributed by atoms with Crippen LogP contribution in [0.15, 0.2) is 6.20 Å². The second kappa shape index (κ2) is 2.56. The van der Waals surface area contributed by atoms with Gasteiger partial charge in [-0.1, -0.05) is 0 Å². The van der Waals surface area contributed by atoms with E-state index < -0.39 is 0 Å². The molecule has 1 N–H and O–H groups in total. The van der Waals surface area contributed by atoms with Crippen molar-refractivity contribution in [1.29, 1.82) is 0 Å². The predicted molar refractivity (Wildman–Crippen MR) is 37.0 cm³/mol. The van der Waals surface area contributed by atoms with Gasteiger partial charge < -0.3 is 9.72 Å². The second-order valence-electron chi connectivity index (χ2n) is 2.14. The van der Waals surface area contributed by atoms with Gasteiger partial charge in [-0.15, -0.1) is 0 Å². The van der Waals surface area contributed by atoms with Crippen molar-refractivity contribution in [2.24, 2.45) is 0 Å². The molecule has 0 aliphatic rings. The summed E-state index contributed by atoms with van der Waals surface area (Å²) in [6, 6.07) is 0. The van der Waals surface area contributed by atoms with E-state index in [9.17, 15) is 4.79 Å². The molecule has 3 heteroatoms. The average Bonchev–Trinajstić information content (AvgIpc) is 2.20. The zero-order valence-electron chi connectivity index (χ0n) is 5.97. The van der Waals surface area contributed by atoms with Crippen molar-refractivity contribution in [3.05, 3.63) is 17.5 Å². The molecule has 0 bridgehead atoms. The molecule has 0 atom stereocenters. The molecule has 0 aromatic carbocycles. The predicted octanol–water partition coefficient (Wildman–Crippen LogP) is 1.17. The minimum Gasteiger partial charge on any atom is -0.427 e. The maximum atomic E-state index is 9.94. The largest absolute Gasteiger partial charge is 0.427 e. The van der Waals surface area contributed by atoms with Crippen LogP contribution in [-0.4, -0.2) is 11.5 Å². The monoisotopic (exact) mass is 139 g/mol. The Hall–Kier alpha value is -1.25. The van der Waals surface area contributed by atoms with Crippen LogP contribution in [0.1, 0.15) is 11.3 Å². The Kier molecular flexibility index (Phi) is 1.76. The Morgan fingerprint density at radius 2 is 2.30 bits per heavy atom. The van der Waals surface area contributed by atoms with Crippen molar-refractivity contribution in [2.75, 3.05) is 0 Å². The summed E-state index contributed by atoms with van der Waals surface area (Å²) in [6.45, 7) is 4.16. The van der Waals surface area contributed by atoms with Gasteiger partial charge in [0.25, 0.3) is 6.47 Å². The van der Waals surface area contributed by atoms with Gasteiger partial charge in [0, 0.05) is 11.8 Å². The fourth-order valence-corrected chi connectivity index (χ4v) is 0.873. The van der Waals surface area contributed by atoms with Gasteiger partial charge in [0.2, 0.25) is 0 Å². The standard InChI is InChI=1S/C7H9NO2/c1-5-3-8-6(2)7(5)10-4-9/h3-4,8H,1-2H3. The topological polar surface area (TPSA) is 42.1 Å². The quantitative estimate of drug-likeness (QED) is 0.625. The number of aromatic amines is 1. The van der Waals surface area contributed by atoms with Crippen molar-refractivity contribution < 1.29 is 9.53 Å². The maximum absolute atomic E-state index is 9.94. The van der Waals surface area contributed by atoms with E-state index in [2.05, 4.69) is 4.98 Å². The lowest BCUT2D eigenvalue weighted by Gasteiger charge is -1.95. The highest BCUT2D eigenvalue weighted by molar-refractivity contribution is 5.49. The molecule has 3 nitrogen and oxygen atoms in total. The summed E-state index contributed by atoms with van der Waals surface area (Å²) < 4.78 is 4.70. The summed E-state index contributed by atoms with van der Waals surface area (Å²) in [7, 11) is 0. The molecule has 0 radical (unpaired) electrons. The van der Waals surface area contributed by atoms with Gasteiger partial charge in [0.15, 0.2) is 5.75 Å². The number of hydrogen-bond donors (Lipinski definition) is 1. The number of aromatic nitrogens is 1. The smallest absolute Gasteiger partial charge is 0.298 e. The zero-order valence-corrected chi connectivity index (χ0v) is 5.97. The molecule has 54 valence electrons. The van der Waals surface area contributed by atoms with Crippen LogP contribution in [0, 0.1) is 13.8 Å². The van der Waals surface area contributed by atoms with Gasteiger partial charge in [0.1, 0.15) is 0 Å². The molecule has 0 amide bonds. The number of ether oxygens (including phenoxy) is 1. The summed E-state index contributed by atoms with van der Waals surface area (Å²) in [6.07, 6.45) is 1.80. The van der Waals surface area contributed by atoms with E-state index in [-0.39, 0.29) is 0 Å². The third kappa shape index (κ3) is 1.03. The molecule has 0 saturated carbocycles. The van der Waals surface area contributed by atoms with Crippen LogP contribution in [0.2, 0.25) is 0 Å². The minimum absolute atomic E-state index is 0.434. The third-order valence-electron chi connectivity index (χ3n) is 1.37. The lowest BCUT2D eigenvalue weighted by atomic mass is 10.3. The third-order valence-corrected chi connectivity index (χ3v) is 1.37. The minimum atomic E-state index is 0.434. The van der Waals surface area contributed by atoms with Crippen molar-refractivity contribution in [3.8, 4) is 5.75 Å². The number of rotatable bonds is 2. The molecule has 0 fully saturated rings. The summed E-state index contributed by atoms with van der Waals surface area (Å²) in [5.74, 6) is 0.634. The van der Waals surface area contributed by atoms with Gasteiger partial charge in [-0.2, -0.15) is 0 Å². The Morgan fingerprint density at radius 3 is 2.70 bits per heavy atom. The molecule has 10 heavy (non-hydrogen) atoms. The highest BCUT2D eigenvalue weighted by Gasteiger charge is 2.03. The Bertz CT molecular complexity index is 220. The first-order valence-corrected chi connectivity index (χ1v) is 3.00. The number of carbonyl (C=O) groups is 1. The molecular formula is C7H9NO2. The van der Waals surface area contributed by atoms with E-state index in [0.717, 1.165) is 11.3 Å². The van der Waals surface area contributed by atoms with E-state index in [1.807, 2.05) is 13.8 Å². The van der Waals surface area contributed by atoms with Gasteiger partial charge in [-0.25, -0.2) is 0 Å². The van der Waals surface area contributed by atoms with Crippen LogP contribution in [-0.2, 0) is 4.79 Å². The molecule has 0 saturated heterocycles. The van der Waals surface area contributed by atoms with E-state index in [0.29, 0.717) is 12.2 Å². The van der Waals surface area contributed by atoms with E-state index in [1.54, 1.807) is 6.20 Å². The Morgan fingerprint density at radius 1 is 1.60 bits per heavy atom. The fourth-order valence-electron chi connectivity index (χ4n) is 0.873. The normalized spacial score (nSPS) is 9.40.